The van der Waals surface area contributed by atoms with Gasteiger partial charge in [0, 0.05) is 19.6 Å². The highest BCUT2D eigenvalue weighted by Gasteiger charge is 2.31. The van der Waals surface area contributed by atoms with Crippen LogP contribution >= 0.6 is 0 Å². The summed E-state index contributed by atoms with van der Waals surface area (Å²) in [7, 11) is 5.59. The molecular formula is C15H30ClN3O3. The molecule has 0 aromatic carbocycles. The maximum Gasteiger partial charge on any atom is 0.312 e. The molecule has 1 amide bonds. The first-order valence-corrected chi connectivity index (χ1v) is 7.61. The molecule has 0 saturated carbocycles. The smallest absolute Gasteiger partial charge is 0.312 e. The number of carbonyl (C=O) groups excluding carboxylic acids is 1. The molecule has 2 atom stereocenters. The molecule has 0 aromatic rings. The van der Waals surface area contributed by atoms with Crippen LogP contribution in [-0.2, 0) is 14.3 Å². The van der Waals surface area contributed by atoms with Crippen LogP contribution in [0.4, 0.5) is 0 Å². The predicted molar refractivity (Wildman–Crippen MR) is 82.0 cm³/mol. The van der Waals surface area contributed by atoms with E-state index < -0.39 is 0 Å². The number of nitrogens with one attached hydrogen (secondary N) is 2. The van der Waals surface area contributed by atoms with Crippen LogP contribution in [0.25, 0.3) is 0 Å². The van der Waals surface area contributed by atoms with Crippen LogP contribution in [0.2, 0.25) is 0 Å². The standard InChI is InChI=1S/C15H29N3O3.ClH/c1-13(20-4)6-5-7-15(19)18(10-14-11-21-14)9-8-17(3)12-16-2;/h14,16H,1,5-12H2,2-4H3;1H. The van der Waals surface area contributed by atoms with E-state index in [2.05, 4.69) is 23.8 Å². The van der Waals surface area contributed by atoms with E-state index >= 15 is 0 Å². The minimum absolute atomic E-state index is 0. The molecule has 2 unspecified atom stereocenters. The van der Waals surface area contributed by atoms with Crippen LogP contribution in [0.15, 0.2) is 12.3 Å². The number of hydrogen-bond acceptors (Lipinski definition) is 5. The van der Waals surface area contributed by atoms with Gasteiger partial charge in [-0.25, -0.2) is 4.79 Å². The van der Waals surface area contributed by atoms with Gasteiger partial charge in [-0.2, -0.15) is 0 Å². The van der Waals surface area contributed by atoms with Crippen molar-refractivity contribution < 1.29 is 31.6 Å². The number of ether oxygens (including phenoxy) is 2. The Labute approximate surface area is 140 Å². The molecule has 1 aliphatic heterocycles. The average molecular weight is 336 g/mol. The highest BCUT2D eigenvalue weighted by molar-refractivity contribution is 5.66. The Morgan fingerprint density at radius 2 is 2.18 bits per heavy atom. The molecule has 0 radical (unpaired) electrons. The average Bonchev–Trinajstić information content (AvgIpc) is 3.27. The molecule has 1 saturated heterocycles. The summed E-state index contributed by atoms with van der Waals surface area (Å²) in [4.78, 5) is 15.5. The number of likely N-dealkylation sites (N-methyl/N-ethyl adjacent to an activating group) is 1. The number of allylic oxidation sites excluding steroid dienone is 1. The van der Waals surface area contributed by atoms with Gasteiger partial charge in [0.25, 0.3) is 0 Å². The fourth-order valence-corrected chi connectivity index (χ4v) is 2.22. The summed E-state index contributed by atoms with van der Waals surface area (Å²) < 4.78 is 10.3. The van der Waals surface area contributed by atoms with E-state index in [4.69, 9.17) is 9.47 Å². The molecule has 1 rings (SSSR count). The van der Waals surface area contributed by atoms with Crippen LogP contribution < -0.4 is 22.6 Å². The Morgan fingerprint density at radius 3 is 2.73 bits per heavy atom. The monoisotopic (exact) mass is 335 g/mol. The molecule has 0 bridgehead atoms. The normalized spacial score (nSPS) is 17.7. The Bertz CT molecular complexity index is 338. The highest BCUT2D eigenvalue weighted by atomic mass is 35.5. The van der Waals surface area contributed by atoms with E-state index in [9.17, 15) is 4.79 Å². The Kier molecular flexibility index (Phi) is 11.5. The van der Waals surface area contributed by atoms with Crippen molar-refractivity contribution >= 4 is 5.91 Å². The van der Waals surface area contributed by atoms with Crippen LogP contribution in [0.1, 0.15) is 19.3 Å². The van der Waals surface area contributed by atoms with Crippen LogP contribution in [-0.4, -0.2) is 71.0 Å². The molecule has 6 nitrogen and oxygen atoms in total. The summed E-state index contributed by atoms with van der Waals surface area (Å²) in [5.41, 5.74) is 0. The van der Waals surface area contributed by atoms with Crippen molar-refractivity contribution in [3.05, 3.63) is 12.3 Å². The maximum atomic E-state index is 12.3. The molecule has 0 aromatic heterocycles. The lowest BCUT2D eigenvalue weighted by molar-refractivity contribution is -0.821. The topological polar surface area (TPSA) is 58.5 Å². The number of hydrogen-bond donors (Lipinski definition) is 2. The lowest BCUT2D eigenvalue weighted by atomic mass is 10.2. The summed E-state index contributed by atoms with van der Waals surface area (Å²) >= 11 is 0. The van der Waals surface area contributed by atoms with Crippen LogP contribution in [0, 0.1) is 0 Å². The van der Waals surface area contributed by atoms with Gasteiger partial charge in [-0.15, -0.1) is 0 Å². The molecule has 130 valence electrons. The van der Waals surface area contributed by atoms with Gasteiger partial charge in [-0.3, -0.25) is 9.80 Å². The van der Waals surface area contributed by atoms with Crippen molar-refractivity contribution in [2.45, 2.75) is 25.4 Å². The fourth-order valence-electron chi connectivity index (χ4n) is 2.22. The van der Waals surface area contributed by atoms with Gasteiger partial charge in [0.05, 0.1) is 32.4 Å². The maximum absolute atomic E-state index is 12.3. The quantitative estimate of drug-likeness (QED) is 0.218. The first-order valence-electron chi connectivity index (χ1n) is 7.61. The first kappa shape index (κ1) is 21.3. The lowest BCUT2D eigenvalue weighted by Crippen LogP contribution is -3.16. The zero-order valence-electron chi connectivity index (χ0n) is 14.0. The number of methoxy groups -OCH3 is 1. The molecule has 0 spiro atoms. The second kappa shape index (κ2) is 11.8. The van der Waals surface area contributed by atoms with Crippen molar-refractivity contribution in [1.29, 1.82) is 0 Å². The van der Waals surface area contributed by atoms with E-state index in [0.29, 0.717) is 6.42 Å². The summed E-state index contributed by atoms with van der Waals surface area (Å²) in [6, 6.07) is 0. The third kappa shape index (κ3) is 9.38. The molecule has 22 heavy (non-hydrogen) atoms. The third-order valence-electron chi connectivity index (χ3n) is 3.64. The van der Waals surface area contributed by atoms with E-state index in [0.717, 1.165) is 56.4 Å². The second-order valence-corrected chi connectivity index (χ2v) is 5.62. The van der Waals surface area contributed by atoms with Gasteiger partial charge < -0.3 is 27.2 Å². The van der Waals surface area contributed by atoms with Crippen molar-refractivity contribution in [1.82, 2.24) is 10.2 Å². The van der Waals surface area contributed by atoms with Crippen molar-refractivity contribution in [2.24, 2.45) is 0 Å². The van der Waals surface area contributed by atoms with E-state index in [-0.39, 0.29) is 24.4 Å². The summed E-state index contributed by atoms with van der Waals surface area (Å²) in [5.74, 6) is 1.01. The van der Waals surface area contributed by atoms with Gasteiger partial charge in [0.2, 0.25) is 0 Å². The Balaban J connectivity index is 0.00000441. The third-order valence-corrected chi connectivity index (χ3v) is 3.64. The van der Waals surface area contributed by atoms with Crippen LogP contribution in [0.3, 0.4) is 0 Å². The van der Waals surface area contributed by atoms with Gasteiger partial charge in [-0.05, 0) is 20.5 Å². The highest BCUT2D eigenvalue weighted by Crippen LogP contribution is 2.06. The number of nitrogens with zero attached hydrogens (tertiary/aromatic N) is 1. The minimum Gasteiger partial charge on any atom is -1.00 e. The zero-order chi connectivity index (χ0) is 15.7. The predicted octanol–water partition coefficient (Wildman–Crippen LogP) is -3.76. The number of epoxide rings is 1. The summed E-state index contributed by atoms with van der Waals surface area (Å²) in [6.07, 6.45) is 2.38. The number of quaternary nitrogens is 1. The molecule has 1 heterocycles. The molecule has 1 fully saturated rings. The van der Waals surface area contributed by atoms with E-state index in [1.165, 1.54) is 0 Å². The van der Waals surface area contributed by atoms with Crippen molar-refractivity contribution in [2.75, 3.05) is 54.1 Å². The number of halogens is 1. The van der Waals surface area contributed by atoms with Gasteiger partial charge in [-0.1, -0.05) is 6.58 Å². The van der Waals surface area contributed by atoms with Gasteiger partial charge >= 0.3 is 5.91 Å². The molecule has 0 aliphatic carbocycles. The zero-order valence-corrected chi connectivity index (χ0v) is 14.7. The number of amides is 1. The number of rotatable bonds is 12. The van der Waals surface area contributed by atoms with Crippen molar-refractivity contribution in [3.63, 3.8) is 0 Å². The lowest BCUT2D eigenvalue weighted by Gasteiger charge is -2.21. The molecule has 1 aliphatic rings. The fraction of sp³-hybridized carbons (Fsp3) is 0.800. The Hall–Kier alpha value is -0.660. The molecule has 2 N–H and O–H groups in total. The summed E-state index contributed by atoms with van der Waals surface area (Å²) in [5, 5.41) is 3.11. The summed E-state index contributed by atoms with van der Waals surface area (Å²) in [6.45, 7) is 7.90. The van der Waals surface area contributed by atoms with E-state index in [1.807, 2.05) is 7.05 Å². The number of carbonyl (C=O) groups is 1. The molecular weight excluding hydrogens is 306 g/mol. The minimum atomic E-state index is 0. The largest absolute Gasteiger partial charge is 1.00 e. The van der Waals surface area contributed by atoms with Crippen molar-refractivity contribution in [3.8, 4) is 0 Å². The van der Waals surface area contributed by atoms with E-state index in [1.54, 1.807) is 7.11 Å². The molecule has 7 heteroatoms. The second-order valence-electron chi connectivity index (χ2n) is 5.62. The SMILES string of the molecule is C=C(CCCC(=O)[NH+](CCN(C)CNC)CC1CO1)OC.[Cl-]. The van der Waals surface area contributed by atoms with Crippen LogP contribution in [0.5, 0.6) is 0 Å². The van der Waals surface area contributed by atoms with Gasteiger partial charge in [0.15, 0.2) is 0 Å². The Morgan fingerprint density at radius 1 is 1.50 bits per heavy atom. The van der Waals surface area contributed by atoms with Gasteiger partial charge in [0.1, 0.15) is 12.6 Å². The first-order chi connectivity index (χ1) is 10.1.